The molecule has 2 aromatic rings. The Labute approximate surface area is 178 Å². The molecule has 3 rings (SSSR count). The molecule has 1 aliphatic rings. The zero-order chi connectivity index (χ0) is 24.2. The van der Waals surface area contributed by atoms with Gasteiger partial charge in [0.05, 0.1) is 4.90 Å². The molecule has 0 radical (unpaired) electrons. The smallest absolute Gasteiger partial charge is 0.315 e. The summed E-state index contributed by atoms with van der Waals surface area (Å²) in [5.41, 5.74) is -7.40. The molecule has 3 nitrogen and oxygen atoms in total. The molecule has 1 aliphatic heterocycles. The first kappa shape index (κ1) is 24.4. The summed E-state index contributed by atoms with van der Waals surface area (Å²) in [4.78, 5) is -0.255. The van der Waals surface area contributed by atoms with Gasteiger partial charge >= 0.3 is 18.0 Å². The number of hydrogen-bond acceptors (Lipinski definition) is 3. The van der Waals surface area contributed by atoms with Crippen LogP contribution in [0.1, 0.15) is 23.1 Å². The molecule has 1 atom stereocenters. The lowest BCUT2D eigenvalue weighted by atomic mass is 9.90. The molecule has 1 N–H and O–H groups in total. The lowest BCUT2D eigenvalue weighted by molar-refractivity contribution is -0.348. The van der Waals surface area contributed by atoms with E-state index in [2.05, 4.69) is 5.32 Å². The second kappa shape index (κ2) is 7.68. The predicted molar refractivity (Wildman–Crippen MR) is 98.8 cm³/mol. The molecule has 2 aromatic carbocycles. The van der Waals surface area contributed by atoms with E-state index in [0.29, 0.717) is 12.1 Å². The van der Waals surface area contributed by atoms with Crippen molar-refractivity contribution in [3.05, 3.63) is 65.0 Å². The Morgan fingerprint density at radius 2 is 1.47 bits per heavy atom. The molecule has 176 valence electrons. The summed E-state index contributed by atoms with van der Waals surface area (Å²) in [5.74, 6) is -0.648. The highest BCUT2D eigenvalue weighted by atomic mass is 32.2. The molecule has 1 heterocycles. The Hall–Kier alpha value is -2.21. The minimum absolute atomic E-state index is 0.0418. The van der Waals surface area contributed by atoms with Gasteiger partial charge in [0.25, 0.3) is 0 Å². The average Bonchev–Trinajstić information content (AvgIpc) is 3.19. The highest BCUT2D eigenvalue weighted by Gasteiger charge is 2.73. The van der Waals surface area contributed by atoms with Crippen LogP contribution in [0.25, 0.3) is 0 Å². The van der Waals surface area contributed by atoms with Crippen molar-refractivity contribution in [2.75, 3.05) is 13.1 Å². The van der Waals surface area contributed by atoms with Gasteiger partial charge in [-0.2, -0.15) is 26.3 Å². The van der Waals surface area contributed by atoms with Crippen LogP contribution in [-0.4, -0.2) is 33.9 Å². The van der Waals surface area contributed by atoms with E-state index < -0.39 is 44.0 Å². The van der Waals surface area contributed by atoms with Crippen LogP contribution in [0.3, 0.4) is 0 Å². The topological polar surface area (TPSA) is 46.2 Å². The van der Waals surface area contributed by atoms with E-state index in [1.54, 1.807) is 0 Å². The molecular weight excluding hydrogens is 470 g/mol. The molecule has 12 heteroatoms. The standard InChI is InChI=1S/C20H17F8NO2S/c1-12-10-15(6-7-16(12)21)32(30,31)17(8-9-29-11-17)13-2-4-14(5-3-13)18(22,19(23,24)25)20(26,27)28/h2-7,10,29H,8-9,11H2,1H3/t17-/m0/s1. The van der Waals surface area contributed by atoms with Gasteiger partial charge in [-0.05, 0) is 49.2 Å². The monoisotopic (exact) mass is 487 g/mol. The minimum Gasteiger partial charge on any atom is -0.315 e. The number of rotatable bonds is 4. The Kier molecular flexibility index (Phi) is 5.87. The summed E-state index contributed by atoms with van der Waals surface area (Å²) < 4.78 is 131. The number of sulfone groups is 1. The molecule has 0 amide bonds. The van der Waals surface area contributed by atoms with Crippen LogP contribution in [0.2, 0.25) is 0 Å². The van der Waals surface area contributed by atoms with E-state index in [0.717, 1.165) is 30.3 Å². The lowest BCUT2D eigenvalue weighted by Gasteiger charge is -2.32. The van der Waals surface area contributed by atoms with Gasteiger partial charge < -0.3 is 5.32 Å². The highest BCUT2D eigenvalue weighted by Crippen LogP contribution is 2.53. The summed E-state index contributed by atoms with van der Waals surface area (Å²) in [6, 6.07) is 5.17. The first-order chi connectivity index (χ1) is 14.6. The maximum Gasteiger partial charge on any atom is 0.435 e. The number of aryl methyl sites for hydroxylation is 1. The quantitative estimate of drug-likeness (QED) is 0.483. The normalized spacial score (nSPS) is 20.5. The zero-order valence-electron chi connectivity index (χ0n) is 16.4. The SMILES string of the molecule is Cc1cc(S(=O)(=O)[C@@]2(c3ccc(C(F)(C(F)(F)F)C(F)(F)F)cc3)CCNC2)ccc1F. The van der Waals surface area contributed by atoms with Crippen LogP contribution in [-0.2, 0) is 20.3 Å². The number of hydrogen-bond donors (Lipinski definition) is 1. The minimum atomic E-state index is -6.28. The maximum absolute atomic E-state index is 14.3. The molecule has 1 saturated heterocycles. The summed E-state index contributed by atoms with van der Waals surface area (Å²) >= 11 is 0. The van der Waals surface area contributed by atoms with E-state index in [4.69, 9.17) is 0 Å². The van der Waals surface area contributed by atoms with E-state index in [-0.39, 0.29) is 35.5 Å². The molecule has 32 heavy (non-hydrogen) atoms. The third-order valence-corrected chi connectivity index (χ3v) is 8.15. The van der Waals surface area contributed by atoms with Crippen LogP contribution in [0.5, 0.6) is 0 Å². The fourth-order valence-electron chi connectivity index (χ4n) is 3.80. The fraction of sp³-hybridized carbons (Fsp3) is 0.400. The van der Waals surface area contributed by atoms with Crippen molar-refractivity contribution in [3.8, 4) is 0 Å². The lowest BCUT2D eigenvalue weighted by Crippen LogP contribution is -2.50. The van der Waals surface area contributed by atoms with Gasteiger partial charge in [0.15, 0.2) is 9.84 Å². The maximum atomic E-state index is 14.3. The van der Waals surface area contributed by atoms with Crippen molar-refractivity contribution in [2.24, 2.45) is 0 Å². The van der Waals surface area contributed by atoms with Crippen molar-refractivity contribution in [1.29, 1.82) is 0 Å². The third-order valence-electron chi connectivity index (χ3n) is 5.66. The number of alkyl halides is 7. The van der Waals surface area contributed by atoms with Crippen LogP contribution in [0, 0.1) is 12.7 Å². The Bertz CT molecular complexity index is 1090. The number of nitrogens with one attached hydrogen (secondary N) is 1. The molecule has 0 unspecified atom stereocenters. The van der Waals surface area contributed by atoms with Crippen molar-refractivity contribution in [2.45, 2.75) is 41.0 Å². The van der Waals surface area contributed by atoms with Crippen LogP contribution >= 0.6 is 0 Å². The van der Waals surface area contributed by atoms with Gasteiger partial charge in [-0.1, -0.05) is 24.3 Å². The Morgan fingerprint density at radius 3 is 1.91 bits per heavy atom. The molecule has 0 saturated carbocycles. The molecule has 0 aliphatic carbocycles. The van der Waals surface area contributed by atoms with Crippen molar-refractivity contribution >= 4 is 9.84 Å². The number of halogens is 8. The summed E-state index contributed by atoms with van der Waals surface area (Å²) in [7, 11) is -4.27. The molecule has 0 bridgehead atoms. The van der Waals surface area contributed by atoms with E-state index in [9.17, 15) is 43.5 Å². The van der Waals surface area contributed by atoms with E-state index >= 15 is 0 Å². The van der Waals surface area contributed by atoms with Gasteiger partial charge in [0.1, 0.15) is 10.6 Å². The average molecular weight is 487 g/mol. The zero-order valence-corrected chi connectivity index (χ0v) is 17.2. The van der Waals surface area contributed by atoms with Gasteiger partial charge in [-0.3, -0.25) is 0 Å². The number of benzene rings is 2. The first-order valence-corrected chi connectivity index (χ1v) is 10.7. The molecule has 0 spiro atoms. The molecule has 1 fully saturated rings. The van der Waals surface area contributed by atoms with Crippen LogP contribution in [0.4, 0.5) is 35.1 Å². The highest BCUT2D eigenvalue weighted by molar-refractivity contribution is 7.92. The van der Waals surface area contributed by atoms with Gasteiger partial charge in [0, 0.05) is 12.1 Å². The summed E-state index contributed by atoms with van der Waals surface area (Å²) in [6.45, 7) is 1.35. The van der Waals surface area contributed by atoms with Crippen molar-refractivity contribution < 1.29 is 43.5 Å². The van der Waals surface area contributed by atoms with Crippen LogP contribution < -0.4 is 5.32 Å². The second-order valence-electron chi connectivity index (χ2n) is 7.57. The first-order valence-electron chi connectivity index (χ1n) is 9.23. The largest absolute Gasteiger partial charge is 0.435 e. The Morgan fingerprint density at radius 1 is 0.906 bits per heavy atom. The van der Waals surface area contributed by atoms with Crippen molar-refractivity contribution in [1.82, 2.24) is 5.32 Å². The predicted octanol–water partition coefficient (Wildman–Crippen LogP) is 5.09. The second-order valence-corrected chi connectivity index (χ2v) is 9.83. The van der Waals surface area contributed by atoms with Gasteiger partial charge in [0.2, 0.25) is 0 Å². The summed E-state index contributed by atoms with van der Waals surface area (Å²) in [6.07, 6.45) is -12.6. The Balaban J connectivity index is 2.13. The van der Waals surface area contributed by atoms with E-state index in [1.165, 1.54) is 6.92 Å². The fourth-order valence-corrected chi connectivity index (χ4v) is 5.94. The molecule has 0 aromatic heterocycles. The van der Waals surface area contributed by atoms with Crippen molar-refractivity contribution in [3.63, 3.8) is 0 Å². The van der Waals surface area contributed by atoms with Gasteiger partial charge in [-0.25, -0.2) is 17.2 Å². The van der Waals surface area contributed by atoms with Gasteiger partial charge in [-0.15, -0.1) is 0 Å². The third kappa shape index (κ3) is 3.57. The van der Waals surface area contributed by atoms with Crippen LogP contribution in [0.15, 0.2) is 47.4 Å². The summed E-state index contributed by atoms with van der Waals surface area (Å²) in [5, 5.41) is 2.82. The molecular formula is C20H17F8NO2S. The van der Waals surface area contributed by atoms with E-state index in [1.807, 2.05) is 0 Å².